The molecule has 1 N–H and O–H groups in total. The van der Waals surface area contributed by atoms with E-state index in [4.69, 9.17) is 18.9 Å². The molecule has 2 aliphatic heterocycles. The third-order valence-corrected chi connectivity index (χ3v) is 7.56. The summed E-state index contributed by atoms with van der Waals surface area (Å²) in [6.07, 6.45) is 0. The number of hydrogen-bond acceptors (Lipinski definition) is 10. The molecule has 11 heteroatoms. The molecule has 0 radical (unpaired) electrons. The van der Waals surface area contributed by atoms with Gasteiger partial charge in [-0.2, -0.15) is 0 Å². The number of hydrogen-bond donors (Lipinski definition) is 1. The monoisotopic (exact) mass is 571 g/mol. The number of ketones is 1. The number of aliphatic hydroxyl groups excluding tert-OH is 1. The third-order valence-electron chi connectivity index (χ3n) is 6.72. The van der Waals surface area contributed by atoms with Crippen molar-refractivity contribution in [3.05, 3.63) is 94.0 Å². The number of carbonyl (C=O) groups excluding carboxylic acids is 2. The highest BCUT2D eigenvalue weighted by molar-refractivity contribution is 7.15. The Bertz CT molecular complexity index is 1670. The number of ether oxygens (including phenoxy) is 4. The Morgan fingerprint density at radius 1 is 1.00 bits per heavy atom. The molecule has 208 valence electrons. The Kier molecular flexibility index (Phi) is 7.02. The fourth-order valence-corrected chi connectivity index (χ4v) is 5.50. The van der Waals surface area contributed by atoms with Crippen molar-refractivity contribution in [2.45, 2.75) is 19.6 Å². The van der Waals surface area contributed by atoms with Crippen LogP contribution in [0.4, 0.5) is 5.13 Å². The number of nitrogens with zero attached hydrogens (tertiary/aromatic N) is 3. The van der Waals surface area contributed by atoms with Crippen LogP contribution in [0.5, 0.6) is 23.0 Å². The van der Waals surface area contributed by atoms with Crippen LogP contribution in [-0.2, 0) is 16.2 Å². The van der Waals surface area contributed by atoms with E-state index in [0.29, 0.717) is 59.0 Å². The first-order chi connectivity index (χ1) is 19.9. The Labute approximate surface area is 239 Å². The van der Waals surface area contributed by atoms with E-state index >= 15 is 0 Å². The molecule has 0 spiro atoms. The molecule has 2 aliphatic rings. The lowest BCUT2D eigenvalue weighted by atomic mass is 9.95. The maximum atomic E-state index is 13.5. The number of rotatable bonds is 7. The number of methoxy groups -OCH3 is 1. The predicted octanol–water partition coefficient (Wildman–Crippen LogP) is 4.83. The van der Waals surface area contributed by atoms with Gasteiger partial charge in [0.15, 0.2) is 23.0 Å². The summed E-state index contributed by atoms with van der Waals surface area (Å²) in [4.78, 5) is 28.2. The second kappa shape index (κ2) is 10.9. The fourth-order valence-electron chi connectivity index (χ4n) is 4.78. The predicted molar refractivity (Wildman–Crippen MR) is 151 cm³/mol. The summed E-state index contributed by atoms with van der Waals surface area (Å²) in [6.45, 7) is 2.85. The summed E-state index contributed by atoms with van der Waals surface area (Å²) >= 11 is 1.17. The summed E-state index contributed by atoms with van der Waals surface area (Å²) in [7, 11) is 1.51. The van der Waals surface area contributed by atoms with Crippen molar-refractivity contribution >= 4 is 33.9 Å². The second-order valence-corrected chi connectivity index (χ2v) is 10.5. The summed E-state index contributed by atoms with van der Waals surface area (Å²) in [5.41, 5.74) is 1.71. The largest absolute Gasteiger partial charge is 0.507 e. The van der Waals surface area contributed by atoms with Gasteiger partial charge in [-0.25, -0.2) is 0 Å². The standard InChI is InChI=1S/C30H25N3O7S/c1-17-31-32-30(41-17)33-26(19-8-10-21(23(14-19)37-2)40-16-18-6-4-3-5-7-18)25(28(35)29(33)36)27(34)20-9-11-22-24(15-20)39-13-12-38-22/h3-11,14-15,26,34H,12-13,16H2,1-2H3/b27-25+/t26-/m1/s1. The van der Waals surface area contributed by atoms with E-state index in [1.54, 1.807) is 43.3 Å². The first-order valence-electron chi connectivity index (χ1n) is 12.8. The average Bonchev–Trinajstić information content (AvgIpc) is 3.55. The first kappa shape index (κ1) is 26.3. The van der Waals surface area contributed by atoms with E-state index in [1.807, 2.05) is 30.3 Å². The van der Waals surface area contributed by atoms with E-state index < -0.39 is 17.7 Å². The molecular weight excluding hydrogens is 546 g/mol. The van der Waals surface area contributed by atoms with Crippen LogP contribution in [0, 0.1) is 6.92 Å². The highest BCUT2D eigenvalue weighted by Crippen LogP contribution is 2.45. The molecule has 1 amide bonds. The summed E-state index contributed by atoms with van der Waals surface area (Å²) < 4.78 is 22.9. The molecule has 3 heterocycles. The third kappa shape index (κ3) is 4.95. The minimum Gasteiger partial charge on any atom is -0.507 e. The smallest absolute Gasteiger partial charge is 0.301 e. The van der Waals surface area contributed by atoms with Gasteiger partial charge in [0.05, 0.1) is 18.7 Å². The molecule has 10 nitrogen and oxygen atoms in total. The molecule has 1 fully saturated rings. The van der Waals surface area contributed by atoms with Gasteiger partial charge in [0.25, 0.3) is 5.78 Å². The number of aryl methyl sites for hydroxylation is 1. The van der Waals surface area contributed by atoms with E-state index in [2.05, 4.69) is 10.2 Å². The van der Waals surface area contributed by atoms with Gasteiger partial charge >= 0.3 is 5.91 Å². The number of aliphatic hydroxyl groups is 1. The Balaban J connectivity index is 1.44. The topological polar surface area (TPSA) is 120 Å². The molecule has 41 heavy (non-hydrogen) atoms. The Morgan fingerprint density at radius 2 is 1.78 bits per heavy atom. The quantitative estimate of drug-likeness (QED) is 0.189. The summed E-state index contributed by atoms with van der Waals surface area (Å²) in [5, 5.41) is 20.5. The van der Waals surface area contributed by atoms with Gasteiger partial charge in [0, 0.05) is 5.56 Å². The van der Waals surface area contributed by atoms with Crippen LogP contribution >= 0.6 is 11.3 Å². The molecule has 0 saturated carbocycles. The molecule has 1 atom stereocenters. The van der Waals surface area contributed by atoms with Crippen LogP contribution in [0.25, 0.3) is 5.76 Å². The number of amides is 1. The second-order valence-electron chi connectivity index (χ2n) is 9.32. The van der Waals surface area contributed by atoms with Crippen LogP contribution in [0.15, 0.2) is 72.3 Å². The molecule has 0 bridgehead atoms. The van der Waals surface area contributed by atoms with E-state index in [0.717, 1.165) is 5.56 Å². The number of benzene rings is 3. The highest BCUT2D eigenvalue weighted by Gasteiger charge is 2.48. The van der Waals surface area contributed by atoms with Gasteiger partial charge in [0.2, 0.25) is 5.13 Å². The zero-order valence-corrected chi connectivity index (χ0v) is 23.0. The Hall–Kier alpha value is -4.90. The molecular formula is C30H25N3O7S. The molecule has 3 aromatic carbocycles. The van der Waals surface area contributed by atoms with Crippen LogP contribution in [0.3, 0.4) is 0 Å². The summed E-state index contributed by atoms with van der Waals surface area (Å²) in [5.74, 6) is -0.172. The van der Waals surface area contributed by atoms with Gasteiger partial charge in [-0.1, -0.05) is 47.7 Å². The van der Waals surface area contributed by atoms with Gasteiger partial charge in [-0.15, -0.1) is 10.2 Å². The van der Waals surface area contributed by atoms with Gasteiger partial charge in [-0.3, -0.25) is 14.5 Å². The van der Waals surface area contributed by atoms with Crippen molar-refractivity contribution in [2.24, 2.45) is 0 Å². The zero-order chi connectivity index (χ0) is 28.5. The van der Waals surface area contributed by atoms with Crippen molar-refractivity contribution in [1.82, 2.24) is 10.2 Å². The van der Waals surface area contributed by atoms with E-state index in [-0.39, 0.29) is 16.5 Å². The Morgan fingerprint density at radius 3 is 2.51 bits per heavy atom. The molecule has 0 aliphatic carbocycles. The molecule has 1 saturated heterocycles. The van der Waals surface area contributed by atoms with Crippen LogP contribution in [-0.4, -0.2) is 47.3 Å². The maximum Gasteiger partial charge on any atom is 0.301 e. The first-order valence-corrected chi connectivity index (χ1v) is 13.6. The van der Waals surface area contributed by atoms with Crippen LogP contribution in [0.2, 0.25) is 0 Å². The number of aromatic nitrogens is 2. The minimum absolute atomic E-state index is 0.0977. The van der Waals surface area contributed by atoms with Crippen molar-refractivity contribution in [2.75, 3.05) is 25.2 Å². The SMILES string of the molecule is COc1cc([C@@H]2/C(=C(\O)c3ccc4c(c3)OCCO4)C(=O)C(=O)N2c2nnc(C)s2)ccc1OCc1ccccc1. The van der Waals surface area contributed by atoms with Crippen LogP contribution in [0.1, 0.15) is 27.7 Å². The number of fused-ring (bicyclic) bond motifs is 1. The lowest BCUT2D eigenvalue weighted by Gasteiger charge is -2.24. The lowest BCUT2D eigenvalue weighted by Crippen LogP contribution is -2.29. The minimum atomic E-state index is -1.01. The fraction of sp³-hybridized carbons (Fsp3) is 0.200. The highest BCUT2D eigenvalue weighted by atomic mass is 32.1. The number of anilines is 1. The molecule has 6 rings (SSSR count). The average molecular weight is 572 g/mol. The molecule has 0 unspecified atom stereocenters. The number of Topliss-reactive ketones (excluding diaryl/α,β-unsaturated/α-hetero) is 1. The van der Waals surface area contributed by atoms with E-state index in [9.17, 15) is 14.7 Å². The number of carbonyl (C=O) groups is 2. The molecule has 4 aromatic rings. The normalized spacial score (nSPS) is 17.5. The van der Waals surface area contributed by atoms with Gasteiger partial charge in [0.1, 0.15) is 30.6 Å². The van der Waals surface area contributed by atoms with E-state index in [1.165, 1.54) is 23.3 Å². The van der Waals surface area contributed by atoms with Crippen LogP contribution < -0.4 is 23.8 Å². The van der Waals surface area contributed by atoms with Crippen molar-refractivity contribution in [3.8, 4) is 23.0 Å². The maximum absolute atomic E-state index is 13.5. The van der Waals surface area contributed by atoms with Crippen molar-refractivity contribution in [3.63, 3.8) is 0 Å². The van der Waals surface area contributed by atoms with Gasteiger partial charge < -0.3 is 24.1 Å². The van der Waals surface area contributed by atoms with Crippen molar-refractivity contribution in [1.29, 1.82) is 0 Å². The van der Waals surface area contributed by atoms with Crippen molar-refractivity contribution < 1.29 is 33.6 Å². The lowest BCUT2D eigenvalue weighted by molar-refractivity contribution is -0.132. The summed E-state index contributed by atoms with van der Waals surface area (Å²) in [6, 6.07) is 18.7. The van der Waals surface area contributed by atoms with Gasteiger partial charge in [-0.05, 0) is 48.4 Å². The molecule has 1 aromatic heterocycles. The zero-order valence-electron chi connectivity index (χ0n) is 22.2.